The van der Waals surface area contributed by atoms with E-state index in [1.807, 2.05) is 24.3 Å². The molecule has 0 aliphatic heterocycles. The molecular weight excluding hydrogens is 282 g/mol. The summed E-state index contributed by atoms with van der Waals surface area (Å²) in [7, 11) is 0. The number of nitrogen functional groups attached to an aromatic ring is 1. The second-order valence-electron chi connectivity index (χ2n) is 3.50. The molecular formula is C12H12BrN3O. The number of hydrogen-bond donors (Lipinski definition) is 1. The number of nitrogens with two attached hydrogens (primary N) is 1. The largest absolute Gasteiger partial charge is 0.424 e. The van der Waals surface area contributed by atoms with Crippen LogP contribution < -0.4 is 10.5 Å². The van der Waals surface area contributed by atoms with Crippen LogP contribution in [-0.2, 0) is 6.42 Å². The van der Waals surface area contributed by atoms with E-state index in [4.69, 9.17) is 10.5 Å². The highest BCUT2D eigenvalue weighted by molar-refractivity contribution is 9.10. The van der Waals surface area contributed by atoms with Crippen LogP contribution in [0.5, 0.6) is 11.8 Å². The van der Waals surface area contributed by atoms with Gasteiger partial charge in [-0.25, -0.2) is 0 Å². The van der Waals surface area contributed by atoms with Crippen LogP contribution in [0.25, 0.3) is 0 Å². The smallest absolute Gasteiger partial charge is 0.325 e. The second-order valence-corrected chi connectivity index (χ2v) is 4.31. The van der Waals surface area contributed by atoms with Gasteiger partial charge in [0.05, 0.1) is 0 Å². The minimum atomic E-state index is 0.241. The first-order valence-corrected chi connectivity index (χ1v) is 6.03. The van der Waals surface area contributed by atoms with Crippen molar-refractivity contribution in [3.63, 3.8) is 0 Å². The average Bonchev–Trinajstić information content (AvgIpc) is 2.28. The summed E-state index contributed by atoms with van der Waals surface area (Å²) in [6.45, 7) is 2.09. The Hall–Kier alpha value is -1.62. The van der Waals surface area contributed by atoms with Crippen LogP contribution in [0.15, 0.2) is 34.9 Å². The first-order valence-electron chi connectivity index (χ1n) is 5.24. The van der Waals surface area contributed by atoms with Gasteiger partial charge in [0, 0.05) is 6.07 Å². The van der Waals surface area contributed by atoms with E-state index in [-0.39, 0.29) is 6.01 Å². The minimum Gasteiger partial charge on any atom is -0.424 e. The molecule has 5 heteroatoms. The lowest BCUT2D eigenvalue weighted by Gasteiger charge is -2.06. The van der Waals surface area contributed by atoms with Crippen LogP contribution in [0.3, 0.4) is 0 Å². The number of anilines is 1. The van der Waals surface area contributed by atoms with Gasteiger partial charge in [0.1, 0.15) is 16.2 Å². The fourth-order valence-corrected chi connectivity index (χ4v) is 1.78. The summed E-state index contributed by atoms with van der Waals surface area (Å²) in [4.78, 5) is 8.09. The highest BCUT2D eigenvalue weighted by atomic mass is 79.9. The molecule has 0 unspecified atom stereocenters. The predicted molar refractivity (Wildman–Crippen MR) is 70.0 cm³/mol. The van der Waals surface area contributed by atoms with Crippen molar-refractivity contribution in [3.8, 4) is 11.8 Å². The molecule has 0 spiro atoms. The number of aryl methyl sites for hydroxylation is 1. The Balaban J connectivity index is 2.24. The highest BCUT2D eigenvalue weighted by Gasteiger charge is 2.04. The summed E-state index contributed by atoms with van der Waals surface area (Å²) >= 11 is 3.24. The molecule has 0 saturated carbocycles. The molecule has 1 aromatic heterocycles. The number of hydrogen-bond acceptors (Lipinski definition) is 4. The van der Waals surface area contributed by atoms with Crippen molar-refractivity contribution in [2.45, 2.75) is 13.3 Å². The molecule has 2 aromatic rings. The molecule has 1 aromatic carbocycles. The Labute approximate surface area is 108 Å². The SMILES string of the molecule is CCc1cccc(Oc2nc(N)cc(Br)n2)c1. The molecule has 2 rings (SSSR count). The van der Waals surface area contributed by atoms with Crippen LogP contribution in [0.1, 0.15) is 12.5 Å². The molecule has 0 amide bonds. The molecule has 4 nitrogen and oxygen atoms in total. The maximum absolute atomic E-state index is 5.61. The Kier molecular flexibility index (Phi) is 3.58. The van der Waals surface area contributed by atoms with Gasteiger partial charge in [0.25, 0.3) is 0 Å². The van der Waals surface area contributed by atoms with Crippen molar-refractivity contribution >= 4 is 21.7 Å². The monoisotopic (exact) mass is 293 g/mol. The fraction of sp³-hybridized carbons (Fsp3) is 0.167. The Morgan fingerprint density at radius 3 is 2.82 bits per heavy atom. The van der Waals surface area contributed by atoms with E-state index in [0.717, 1.165) is 6.42 Å². The zero-order chi connectivity index (χ0) is 12.3. The number of benzene rings is 1. The van der Waals surface area contributed by atoms with Gasteiger partial charge in [-0.1, -0.05) is 19.1 Å². The number of nitrogens with zero attached hydrogens (tertiary/aromatic N) is 2. The second kappa shape index (κ2) is 5.14. The van der Waals surface area contributed by atoms with Gasteiger partial charge in [-0.3, -0.25) is 0 Å². The van der Waals surface area contributed by atoms with Crippen molar-refractivity contribution in [1.82, 2.24) is 9.97 Å². The summed E-state index contributed by atoms with van der Waals surface area (Å²) < 4.78 is 6.15. The van der Waals surface area contributed by atoms with Gasteiger partial charge >= 0.3 is 6.01 Å². The van der Waals surface area contributed by atoms with Crippen LogP contribution in [0, 0.1) is 0 Å². The van der Waals surface area contributed by atoms with E-state index < -0.39 is 0 Å². The van der Waals surface area contributed by atoms with E-state index in [1.54, 1.807) is 6.07 Å². The van der Waals surface area contributed by atoms with Gasteiger partial charge in [-0.05, 0) is 40.0 Å². The Morgan fingerprint density at radius 1 is 1.29 bits per heavy atom. The Morgan fingerprint density at radius 2 is 2.12 bits per heavy atom. The van der Waals surface area contributed by atoms with Gasteiger partial charge < -0.3 is 10.5 Å². The van der Waals surface area contributed by atoms with Crippen molar-refractivity contribution < 1.29 is 4.74 Å². The molecule has 88 valence electrons. The number of aromatic nitrogens is 2. The van der Waals surface area contributed by atoms with Gasteiger partial charge in [0.2, 0.25) is 0 Å². The average molecular weight is 294 g/mol. The lowest BCUT2D eigenvalue weighted by atomic mass is 10.2. The molecule has 0 fully saturated rings. The minimum absolute atomic E-state index is 0.241. The normalized spacial score (nSPS) is 10.2. The molecule has 0 aliphatic rings. The number of ether oxygens (including phenoxy) is 1. The molecule has 0 aliphatic carbocycles. The molecule has 0 saturated heterocycles. The third-order valence-corrected chi connectivity index (χ3v) is 2.62. The van der Waals surface area contributed by atoms with E-state index in [9.17, 15) is 0 Å². The van der Waals surface area contributed by atoms with E-state index in [2.05, 4.69) is 32.8 Å². The lowest BCUT2D eigenvalue weighted by molar-refractivity contribution is 0.441. The van der Waals surface area contributed by atoms with E-state index in [0.29, 0.717) is 16.2 Å². The molecule has 1 heterocycles. The van der Waals surface area contributed by atoms with Crippen LogP contribution in [-0.4, -0.2) is 9.97 Å². The van der Waals surface area contributed by atoms with Gasteiger partial charge in [0.15, 0.2) is 0 Å². The maximum Gasteiger partial charge on any atom is 0.325 e. The van der Waals surface area contributed by atoms with Crippen molar-refractivity contribution in [2.75, 3.05) is 5.73 Å². The zero-order valence-electron chi connectivity index (χ0n) is 9.35. The summed E-state index contributed by atoms with van der Waals surface area (Å²) in [5.41, 5.74) is 6.81. The van der Waals surface area contributed by atoms with Crippen LogP contribution in [0.4, 0.5) is 5.82 Å². The maximum atomic E-state index is 5.61. The van der Waals surface area contributed by atoms with Crippen molar-refractivity contribution in [2.24, 2.45) is 0 Å². The number of rotatable bonds is 3. The Bertz CT molecular complexity index is 511. The van der Waals surface area contributed by atoms with Crippen LogP contribution >= 0.6 is 15.9 Å². The third kappa shape index (κ3) is 3.17. The van der Waals surface area contributed by atoms with Gasteiger partial charge in [-0.15, -0.1) is 0 Å². The van der Waals surface area contributed by atoms with Crippen LogP contribution in [0.2, 0.25) is 0 Å². The predicted octanol–water partition coefficient (Wildman–Crippen LogP) is 3.18. The summed E-state index contributed by atoms with van der Waals surface area (Å²) in [6.07, 6.45) is 0.957. The molecule has 0 radical (unpaired) electrons. The van der Waals surface area contributed by atoms with E-state index in [1.165, 1.54) is 5.56 Å². The highest BCUT2D eigenvalue weighted by Crippen LogP contribution is 2.21. The topological polar surface area (TPSA) is 61.0 Å². The van der Waals surface area contributed by atoms with Crippen molar-refractivity contribution in [3.05, 3.63) is 40.5 Å². The third-order valence-electron chi connectivity index (χ3n) is 2.21. The van der Waals surface area contributed by atoms with E-state index >= 15 is 0 Å². The molecule has 0 atom stereocenters. The zero-order valence-corrected chi connectivity index (χ0v) is 10.9. The fourth-order valence-electron chi connectivity index (χ4n) is 1.39. The quantitative estimate of drug-likeness (QED) is 0.883. The molecule has 2 N–H and O–H groups in total. The van der Waals surface area contributed by atoms with Gasteiger partial charge in [-0.2, -0.15) is 9.97 Å². The standard InChI is InChI=1S/C12H12BrN3O/c1-2-8-4-3-5-9(6-8)17-12-15-10(13)7-11(14)16-12/h3-7H,2H2,1H3,(H2,14,15,16). The number of halogens is 1. The first-order chi connectivity index (χ1) is 8.17. The summed E-state index contributed by atoms with van der Waals surface area (Å²) in [6, 6.07) is 9.67. The lowest BCUT2D eigenvalue weighted by Crippen LogP contribution is -1.97. The molecule has 0 bridgehead atoms. The van der Waals surface area contributed by atoms with Crippen molar-refractivity contribution in [1.29, 1.82) is 0 Å². The summed E-state index contributed by atoms with van der Waals surface area (Å²) in [5, 5.41) is 0. The first kappa shape index (κ1) is 11.9. The summed E-state index contributed by atoms with van der Waals surface area (Å²) in [5.74, 6) is 1.08. The molecule has 17 heavy (non-hydrogen) atoms.